The van der Waals surface area contributed by atoms with Gasteiger partial charge in [0.1, 0.15) is 11.4 Å². The number of carbonyl (C=O) groups excluding carboxylic acids is 1. The fourth-order valence-electron chi connectivity index (χ4n) is 3.73. The van der Waals surface area contributed by atoms with Crippen LogP contribution in [-0.2, 0) is 34.7 Å². The number of benzene rings is 3. The zero-order valence-electron chi connectivity index (χ0n) is 20.4. The Hall–Kier alpha value is -4.28. The summed E-state index contributed by atoms with van der Waals surface area (Å²) in [4.78, 5) is 15.8. The monoisotopic (exact) mass is 549 g/mol. The maximum absolute atomic E-state index is 13.0. The van der Waals surface area contributed by atoms with E-state index in [0.29, 0.717) is 17.7 Å². The van der Waals surface area contributed by atoms with Gasteiger partial charge in [-0.15, -0.1) is 0 Å². The van der Waals surface area contributed by atoms with Crippen molar-refractivity contribution >= 4 is 5.97 Å². The summed E-state index contributed by atoms with van der Waals surface area (Å²) in [5.74, 6) is 0.280. The number of methoxy groups -OCH3 is 1. The first-order valence-corrected chi connectivity index (χ1v) is 11.6. The summed E-state index contributed by atoms with van der Waals surface area (Å²) in [7, 11) is 1.25. The van der Waals surface area contributed by atoms with E-state index in [4.69, 9.17) is 9.15 Å². The van der Waals surface area contributed by atoms with E-state index in [-0.39, 0.29) is 35.9 Å². The molecule has 0 fully saturated rings. The van der Waals surface area contributed by atoms with Crippen molar-refractivity contribution in [1.29, 1.82) is 0 Å². The Kier molecular flexibility index (Phi) is 7.98. The van der Waals surface area contributed by atoms with Crippen LogP contribution >= 0.6 is 0 Å². The highest BCUT2D eigenvalue weighted by atomic mass is 19.4. The summed E-state index contributed by atoms with van der Waals surface area (Å²) in [6, 6.07) is 15.5. The van der Waals surface area contributed by atoms with Crippen LogP contribution in [0.4, 0.5) is 26.3 Å². The third-order valence-electron chi connectivity index (χ3n) is 5.74. The third kappa shape index (κ3) is 6.98. The van der Waals surface area contributed by atoms with Crippen molar-refractivity contribution in [1.82, 2.24) is 4.98 Å². The average Bonchev–Trinajstić information content (AvgIpc) is 3.34. The van der Waals surface area contributed by atoms with Crippen molar-refractivity contribution in [2.24, 2.45) is 0 Å². The van der Waals surface area contributed by atoms with Crippen LogP contribution in [-0.4, -0.2) is 24.7 Å². The van der Waals surface area contributed by atoms with E-state index in [2.05, 4.69) is 9.72 Å². The van der Waals surface area contributed by atoms with Gasteiger partial charge in [-0.05, 0) is 48.4 Å². The highest BCUT2D eigenvalue weighted by Crippen LogP contribution is 2.37. The van der Waals surface area contributed by atoms with Crippen molar-refractivity contribution in [3.05, 3.63) is 95.4 Å². The summed E-state index contributed by atoms with van der Waals surface area (Å²) in [5, 5.41) is 0. The van der Waals surface area contributed by atoms with Crippen LogP contribution in [0.1, 0.15) is 22.6 Å². The average molecular weight is 549 g/mol. The van der Waals surface area contributed by atoms with E-state index in [9.17, 15) is 31.1 Å². The largest absolute Gasteiger partial charge is 0.482 e. The number of aryl methyl sites for hydroxylation is 2. The van der Waals surface area contributed by atoms with Gasteiger partial charge in [-0.2, -0.15) is 26.3 Å². The highest BCUT2D eigenvalue weighted by Gasteiger charge is 2.31. The molecule has 0 amide bonds. The molecule has 11 heteroatoms. The van der Waals surface area contributed by atoms with Gasteiger partial charge in [-0.1, -0.05) is 36.4 Å². The number of hydrogen-bond acceptors (Lipinski definition) is 5. The van der Waals surface area contributed by atoms with Gasteiger partial charge in [-0.25, -0.2) is 9.78 Å². The summed E-state index contributed by atoms with van der Waals surface area (Å²) >= 11 is 0. The normalized spacial score (nSPS) is 11.9. The zero-order chi connectivity index (χ0) is 28.2. The first-order valence-electron chi connectivity index (χ1n) is 11.6. The third-order valence-corrected chi connectivity index (χ3v) is 5.74. The number of ether oxygens (including phenoxy) is 2. The quantitative estimate of drug-likeness (QED) is 0.170. The van der Waals surface area contributed by atoms with E-state index in [0.717, 1.165) is 29.8 Å². The van der Waals surface area contributed by atoms with Gasteiger partial charge < -0.3 is 13.9 Å². The molecule has 4 rings (SSSR count). The SMILES string of the molecule is COC(=O)COc1cccc(CCc2nc(-c3ccc(C(F)(F)F)cc3)c(-c3ccc(C(F)(F)F)cc3)o2)c1. The summed E-state index contributed by atoms with van der Waals surface area (Å²) in [5.41, 5.74) is -0.0750. The maximum atomic E-state index is 13.0. The minimum atomic E-state index is -4.53. The maximum Gasteiger partial charge on any atom is 0.416 e. The first-order chi connectivity index (χ1) is 18.4. The second-order valence-corrected chi connectivity index (χ2v) is 8.45. The van der Waals surface area contributed by atoms with Gasteiger partial charge in [0.25, 0.3) is 0 Å². The Balaban J connectivity index is 1.62. The molecule has 39 heavy (non-hydrogen) atoms. The van der Waals surface area contributed by atoms with E-state index in [1.807, 2.05) is 6.07 Å². The van der Waals surface area contributed by atoms with Crippen molar-refractivity contribution in [2.75, 3.05) is 13.7 Å². The lowest BCUT2D eigenvalue weighted by Gasteiger charge is -2.08. The van der Waals surface area contributed by atoms with Crippen LogP contribution in [0.3, 0.4) is 0 Å². The molecule has 204 valence electrons. The molecule has 5 nitrogen and oxygen atoms in total. The lowest BCUT2D eigenvalue weighted by molar-refractivity contribution is -0.143. The van der Waals surface area contributed by atoms with E-state index in [1.54, 1.807) is 18.2 Å². The molecule has 0 aliphatic heterocycles. The van der Waals surface area contributed by atoms with Gasteiger partial charge >= 0.3 is 18.3 Å². The Labute approximate surface area is 219 Å². The second-order valence-electron chi connectivity index (χ2n) is 8.45. The molecular weight excluding hydrogens is 528 g/mol. The first kappa shape index (κ1) is 27.7. The number of oxazole rings is 1. The van der Waals surface area contributed by atoms with Crippen LogP contribution in [0.25, 0.3) is 22.6 Å². The molecule has 3 aromatic carbocycles. The van der Waals surface area contributed by atoms with E-state index in [1.165, 1.54) is 31.4 Å². The standard InChI is InChI=1S/C28H21F6NO4/c1-37-24(36)16-38-22-4-2-3-17(15-22)5-14-23-35-25(18-6-10-20(11-7-18)27(29,30)31)26(39-23)19-8-12-21(13-9-19)28(32,33)34/h2-4,6-13,15H,5,14,16H2,1H3. The molecule has 1 aromatic heterocycles. The number of esters is 1. The molecule has 4 aromatic rings. The number of alkyl halides is 6. The van der Waals surface area contributed by atoms with E-state index >= 15 is 0 Å². The molecule has 0 N–H and O–H groups in total. The predicted molar refractivity (Wildman–Crippen MR) is 129 cm³/mol. The fourth-order valence-corrected chi connectivity index (χ4v) is 3.73. The van der Waals surface area contributed by atoms with Gasteiger partial charge in [0.15, 0.2) is 18.3 Å². The van der Waals surface area contributed by atoms with Gasteiger partial charge in [0.2, 0.25) is 0 Å². The van der Waals surface area contributed by atoms with Crippen molar-refractivity contribution in [2.45, 2.75) is 25.2 Å². The number of nitrogens with zero attached hydrogens (tertiary/aromatic N) is 1. The Morgan fingerprint density at radius 3 is 1.97 bits per heavy atom. The molecule has 0 saturated heterocycles. The summed E-state index contributed by atoms with van der Waals surface area (Å²) < 4.78 is 94.1. The number of carbonyl (C=O) groups is 1. The molecule has 0 aliphatic carbocycles. The minimum absolute atomic E-state index is 0.133. The zero-order valence-corrected chi connectivity index (χ0v) is 20.4. The van der Waals surface area contributed by atoms with Crippen molar-refractivity contribution in [3.63, 3.8) is 0 Å². The number of rotatable bonds is 8. The molecular formula is C28H21F6NO4. The lowest BCUT2D eigenvalue weighted by Crippen LogP contribution is -2.12. The Morgan fingerprint density at radius 1 is 0.821 bits per heavy atom. The molecule has 0 unspecified atom stereocenters. The number of halogens is 6. The van der Waals surface area contributed by atoms with Crippen LogP contribution in [0.2, 0.25) is 0 Å². The molecule has 0 saturated carbocycles. The van der Waals surface area contributed by atoms with Crippen molar-refractivity contribution < 1.29 is 45.0 Å². The highest BCUT2D eigenvalue weighted by molar-refractivity contribution is 5.77. The Bertz CT molecular complexity index is 1350. The Morgan fingerprint density at radius 2 is 1.41 bits per heavy atom. The van der Waals surface area contributed by atoms with Gasteiger partial charge in [0.05, 0.1) is 18.2 Å². The summed E-state index contributed by atoms with van der Waals surface area (Å²) in [6.45, 7) is -0.257. The molecule has 1 heterocycles. The second kappa shape index (κ2) is 11.2. The molecule has 0 bridgehead atoms. The van der Waals surface area contributed by atoms with Crippen LogP contribution in [0, 0.1) is 0 Å². The van der Waals surface area contributed by atoms with Crippen LogP contribution in [0.5, 0.6) is 5.75 Å². The van der Waals surface area contributed by atoms with Crippen molar-refractivity contribution in [3.8, 4) is 28.3 Å². The van der Waals surface area contributed by atoms with Gasteiger partial charge in [0, 0.05) is 17.5 Å². The molecule has 0 aliphatic rings. The fraction of sp³-hybridized carbons (Fsp3) is 0.214. The summed E-state index contributed by atoms with van der Waals surface area (Å²) in [6.07, 6.45) is -8.36. The molecule has 0 atom stereocenters. The topological polar surface area (TPSA) is 61.6 Å². The van der Waals surface area contributed by atoms with Gasteiger partial charge in [-0.3, -0.25) is 0 Å². The van der Waals surface area contributed by atoms with Crippen LogP contribution < -0.4 is 4.74 Å². The minimum Gasteiger partial charge on any atom is -0.482 e. The molecule has 0 spiro atoms. The lowest BCUT2D eigenvalue weighted by atomic mass is 10.0. The predicted octanol–water partition coefficient (Wildman–Crippen LogP) is 7.38. The number of hydrogen-bond donors (Lipinski definition) is 0. The molecule has 0 radical (unpaired) electrons. The van der Waals surface area contributed by atoms with Crippen LogP contribution in [0.15, 0.2) is 77.2 Å². The smallest absolute Gasteiger partial charge is 0.416 e. The van der Waals surface area contributed by atoms with E-state index < -0.39 is 29.4 Å². The number of aromatic nitrogens is 1.